The molecular weight excluding hydrogens is 348 g/mol. The summed E-state index contributed by atoms with van der Waals surface area (Å²) in [6.45, 7) is 0. The molecule has 6 heteroatoms. The van der Waals surface area contributed by atoms with Crippen molar-refractivity contribution >= 4 is 23.8 Å². The minimum Gasteiger partial charge on any atom is -0.334 e. The standard InChI is InChI=1S/C20H15ClN4O/c1-25-18(11-12-22-25)15-6-4-7-16(13-15)20-23-19(26-24-20)10-9-14-5-2-3-8-17(14)21/h2-13H,1H3. The smallest absolute Gasteiger partial charge is 0.250 e. The van der Waals surface area contributed by atoms with E-state index in [1.807, 2.05) is 72.4 Å². The highest BCUT2D eigenvalue weighted by molar-refractivity contribution is 6.32. The molecule has 0 fully saturated rings. The molecule has 5 nitrogen and oxygen atoms in total. The third-order valence-corrected chi connectivity index (χ3v) is 4.33. The molecule has 2 aromatic carbocycles. The van der Waals surface area contributed by atoms with Crippen LogP contribution in [-0.2, 0) is 7.05 Å². The van der Waals surface area contributed by atoms with Gasteiger partial charge in [-0.05, 0) is 29.8 Å². The van der Waals surface area contributed by atoms with Crippen LogP contribution in [0.25, 0.3) is 34.8 Å². The quantitative estimate of drug-likeness (QED) is 0.514. The Bertz CT molecular complexity index is 1080. The Morgan fingerprint density at radius 2 is 1.85 bits per heavy atom. The Morgan fingerprint density at radius 3 is 2.65 bits per heavy atom. The van der Waals surface area contributed by atoms with Gasteiger partial charge in [-0.3, -0.25) is 4.68 Å². The van der Waals surface area contributed by atoms with E-state index in [0.29, 0.717) is 16.7 Å². The lowest BCUT2D eigenvalue weighted by molar-refractivity contribution is 0.411. The lowest BCUT2D eigenvalue weighted by Gasteiger charge is -2.03. The number of benzene rings is 2. The zero-order valence-corrected chi connectivity index (χ0v) is 14.8. The molecule has 4 rings (SSSR count). The van der Waals surface area contributed by atoms with Crippen LogP contribution in [0.15, 0.2) is 65.3 Å². The molecule has 26 heavy (non-hydrogen) atoms. The van der Waals surface area contributed by atoms with Gasteiger partial charge in [0.05, 0.1) is 5.69 Å². The van der Waals surface area contributed by atoms with E-state index in [1.165, 1.54) is 0 Å². The summed E-state index contributed by atoms with van der Waals surface area (Å²) >= 11 is 6.15. The molecule has 0 atom stereocenters. The molecule has 0 aliphatic rings. The molecular formula is C20H15ClN4O. The summed E-state index contributed by atoms with van der Waals surface area (Å²) in [5.41, 5.74) is 3.84. The van der Waals surface area contributed by atoms with E-state index in [4.69, 9.17) is 16.1 Å². The van der Waals surface area contributed by atoms with Crippen LogP contribution in [0.5, 0.6) is 0 Å². The summed E-state index contributed by atoms with van der Waals surface area (Å²) in [5.74, 6) is 0.957. The normalized spacial score (nSPS) is 11.3. The number of hydrogen-bond acceptors (Lipinski definition) is 4. The van der Waals surface area contributed by atoms with Gasteiger partial charge in [-0.2, -0.15) is 10.1 Å². The first-order chi connectivity index (χ1) is 12.7. The highest BCUT2D eigenvalue weighted by Crippen LogP contribution is 2.25. The average Bonchev–Trinajstić information content (AvgIpc) is 3.30. The van der Waals surface area contributed by atoms with Crippen molar-refractivity contribution in [2.24, 2.45) is 7.05 Å². The van der Waals surface area contributed by atoms with Crippen molar-refractivity contribution < 1.29 is 4.52 Å². The predicted octanol–water partition coefficient (Wildman–Crippen LogP) is 4.96. The van der Waals surface area contributed by atoms with Crippen LogP contribution < -0.4 is 0 Å². The number of aromatic nitrogens is 4. The van der Waals surface area contributed by atoms with Crippen LogP contribution in [0.2, 0.25) is 5.02 Å². The van der Waals surface area contributed by atoms with E-state index in [0.717, 1.165) is 22.4 Å². The third kappa shape index (κ3) is 3.30. The summed E-state index contributed by atoms with van der Waals surface area (Å²) in [6, 6.07) is 17.5. The van der Waals surface area contributed by atoms with E-state index in [2.05, 4.69) is 15.2 Å². The molecule has 2 heterocycles. The van der Waals surface area contributed by atoms with Gasteiger partial charge in [0.1, 0.15) is 0 Å². The fourth-order valence-corrected chi connectivity index (χ4v) is 2.86. The summed E-state index contributed by atoms with van der Waals surface area (Å²) in [7, 11) is 1.91. The van der Waals surface area contributed by atoms with Crippen molar-refractivity contribution in [3.63, 3.8) is 0 Å². The maximum atomic E-state index is 6.15. The Morgan fingerprint density at radius 1 is 1.00 bits per heavy atom. The summed E-state index contributed by atoms with van der Waals surface area (Å²) in [6.07, 6.45) is 5.38. The molecule has 2 aromatic heterocycles. The number of halogens is 1. The number of aryl methyl sites for hydroxylation is 1. The minimum absolute atomic E-state index is 0.422. The van der Waals surface area contributed by atoms with Crippen LogP contribution >= 0.6 is 11.6 Å². The van der Waals surface area contributed by atoms with Crippen molar-refractivity contribution in [3.05, 3.63) is 77.3 Å². The van der Waals surface area contributed by atoms with E-state index in [1.54, 1.807) is 12.3 Å². The SMILES string of the molecule is Cn1nccc1-c1cccc(-c2noc(C=Cc3ccccc3Cl)n2)c1. The molecule has 0 amide bonds. The van der Waals surface area contributed by atoms with Crippen molar-refractivity contribution in [2.45, 2.75) is 0 Å². The largest absolute Gasteiger partial charge is 0.334 e. The van der Waals surface area contributed by atoms with E-state index < -0.39 is 0 Å². The molecule has 0 spiro atoms. The van der Waals surface area contributed by atoms with Gasteiger partial charge in [0.25, 0.3) is 5.89 Å². The Hall–Kier alpha value is -3.18. The van der Waals surface area contributed by atoms with Gasteiger partial charge in [-0.1, -0.05) is 53.2 Å². The van der Waals surface area contributed by atoms with Gasteiger partial charge in [0, 0.05) is 35.5 Å². The van der Waals surface area contributed by atoms with Gasteiger partial charge in [-0.25, -0.2) is 0 Å². The van der Waals surface area contributed by atoms with Crippen LogP contribution in [0.3, 0.4) is 0 Å². The molecule has 128 valence electrons. The van der Waals surface area contributed by atoms with Crippen molar-refractivity contribution in [1.82, 2.24) is 19.9 Å². The Labute approximate surface area is 155 Å². The lowest BCUT2D eigenvalue weighted by atomic mass is 10.1. The molecule has 4 aromatic rings. The van der Waals surface area contributed by atoms with Crippen molar-refractivity contribution in [3.8, 4) is 22.6 Å². The molecule has 0 saturated heterocycles. The minimum atomic E-state index is 0.422. The summed E-state index contributed by atoms with van der Waals surface area (Å²) in [4.78, 5) is 4.44. The molecule has 0 unspecified atom stereocenters. The number of rotatable bonds is 4. The predicted molar refractivity (Wildman–Crippen MR) is 102 cm³/mol. The highest BCUT2D eigenvalue weighted by Gasteiger charge is 2.09. The van der Waals surface area contributed by atoms with Gasteiger partial charge < -0.3 is 4.52 Å². The van der Waals surface area contributed by atoms with Crippen molar-refractivity contribution in [1.29, 1.82) is 0 Å². The second-order valence-corrected chi connectivity index (χ2v) is 6.14. The fraction of sp³-hybridized carbons (Fsp3) is 0.0500. The van der Waals surface area contributed by atoms with Crippen LogP contribution in [0.4, 0.5) is 0 Å². The lowest BCUT2D eigenvalue weighted by Crippen LogP contribution is -1.93. The first-order valence-corrected chi connectivity index (χ1v) is 8.43. The zero-order chi connectivity index (χ0) is 17.9. The maximum Gasteiger partial charge on any atom is 0.250 e. The Kier molecular flexibility index (Phi) is 4.37. The van der Waals surface area contributed by atoms with E-state index in [-0.39, 0.29) is 0 Å². The average molecular weight is 363 g/mol. The van der Waals surface area contributed by atoms with Gasteiger partial charge in [-0.15, -0.1) is 0 Å². The van der Waals surface area contributed by atoms with Crippen LogP contribution in [0.1, 0.15) is 11.5 Å². The maximum absolute atomic E-state index is 6.15. The molecule has 0 radical (unpaired) electrons. The van der Waals surface area contributed by atoms with Gasteiger partial charge in [0.2, 0.25) is 5.82 Å². The Balaban J connectivity index is 1.61. The van der Waals surface area contributed by atoms with E-state index >= 15 is 0 Å². The molecule has 0 aliphatic heterocycles. The summed E-state index contributed by atoms with van der Waals surface area (Å²) < 4.78 is 7.15. The summed E-state index contributed by atoms with van der Waals surface area (Å²) in [5, 5.41) is 8.95. The molecule has 0 aliphatic carbocycles. The van der Waals surface area contributed by atoms with Crippen LogP contribution in [0, 0.1) is 0 Å². The van der Waals surface area contributed by atoms with E-state index in [9.17, 15) is 0 Å². The first-order valence-electron chi connectivity index (χ1n) is 8.06. The fourth-order valence-electron chi connectivity index (χ4n) is 2.67. The monoisotopic (exact) mass is 362 g/mol. The highest BCUT2D eigenvalue weighted by atomic mass is 35.5. The third-order valence-electron chi connectivity index (χ3n) is 3.99. The molecule has 0 saturated carbocycles. The zero-order valence-electron chi connectivity index (χ0n) is 14.0. The number of hydrogen-bond donors (Lipinski definition) is 0. The second kappa shape index (κ2) is 6.98. The van der Waals surface area contributed by atoms with Gasteiger partial charge in [0.15, 0.2) is 0 Å². The second-order valence-electron chi connectivity index (χ2n) is 5.73. The van der Waals surface area contributed by atoms with Crippen molar-refractivity contribution in [2.75, 3.05) is 0 Å². The number of nitrogens with zero attached hydrogens (tertiary/aromatic N) is 4. The molecule has 0 bridgehead atoms. The first kappa shape index (κ1) is 16.3. The van der Waals surface area contributed by atoms with Gasteiger partial charge >= 0.3 is 0 Å². The van der Waals surface area contributed by atoms with Crippen LogP contribution in [-0.4, -0.2) is 19.9 Å². The molecule has 0 N–H and O–H groups in total. The topological polar surface area (TPSA) is 56.7 Å².